The van der Waals surface area contributed by atoms with Crippen LogP contribution in [0.1, 0.15) is 17.1 Å². The molecule has 0 aliphatic rings. The summed E-state index contributed by atoms with van der Waals surface area (Å²) in [6.45, 7) is 0. The van der Waals surface area contributed by atoms with Crippen LogP contribution >= 0.6 is 0 Å². The monoisotopic (exact) mass is 334 g/mol. The molecular formula is C10H10N6Sn. The molecule has 0 aliphatic heterocycles. The minimum absolute atomic E-state index is 0.328. The third-order valence-corrected chi connectivity index (χ3v) is 5.25. The first-order valence-corrected chi connectivity index (χ1v) is 6.76. The van der Waals surface area contributed by atoms with Gasteiger partial charge in [-0.1, -0.05) is 0 Å². The summed E-state index contributed by atoms with van der Waals surface area (Å²) in [5.74, 6) is 0. The molecule has 7 heteroatoms. The van der Waals surface area contributed by atoms with Gasteiger partial charge in [-0.3, -0.25) is 0 Å². The van der Waals surface area contributed by atoms with E-state index in [1.807, 2.05) is 36.8 Å². The Morgan fingerprint density at radius 1 is 0.765 bits per heavy atom. The second kappa shape index (κ2) is 4.02. The van der Waals surface area contributed by atoms with Gasteiger partial charge >= 0.3 is 110 Å². The van der Waals surface area contributed by atoms with Crippen molar-refractivity contribution in [3.8, 4) is 0 Å². The van der Waals surface area contributed by atoms with Crippen molar-refractivity contribution in [1.29, 1.82) is 0 Å². The summed E-state index contributed by atoms with van der Waals surface area (Å²) in [7, 11) is 0. The van der Waals surface area contributed by atoms with Crippen LogP contribution in [0.25, 0.3) is 0 Å². The van der Waals surface area contributed by atoms with Crippen molar-refractivity contribution < 1.29 is 0 Å². The SMILES string of the molecule is [SnH][C](c1cc[nH]n1)(c1cc[nH]n1)c1cc[nH]n1. The molecule has 3 aromatic heterocycles. The molecule has 3 rings (SSSR count). The molecule has 3 aromatic rings. The fourth-order valence-corrected chi connectivity index (χ4v) is 3.21. The van der Waals surface area contributed by atoms with E-state index >= 15 is 0 Å². The van der Waals surface area contributed by atoms with Crippen LogP contribution in [-0.4, -0.2) is 53.1 Å². The molecule has 3 heterocycles. The van der Waals surface area contributed by atoms with Gasteiger partial charge in [-0.15, -0.1) is 0 Å². The van der Waals surface area contributed by atoms with Gasteiger partial charge in [0, 0.05) is 0 Å². The van der Waals surface area contributed by atoms with Gasteiger partial charge in [0.1, 0.15) is 0 Å². The second-order valence-electron chi connectivity index (χ2n) is 3.69. The molecule has 3 N–H and O–H groups in total. The van der Waals surface area contributed by atoms with Crippen LogP contribution in [0.2, 0.25) is 0 Å². The Balaban J connectivity index is 2.21. The van der Waals surface area contributed by atoms with Crippen LogP contribution in [0, 0.1) is 0 Å². The summed E-state index contributed by atoms with van der Waals surface area (Å²) < 4.78 is -0.328. The molecule has 0 aromatic carbocycles. The van der Waals surface area contributed by atoms with E-state index in [2.05, 4.69) is 30.6 Å². The van der Waals surface area contributed by atoms with E-state index in [-0.39, 0.29) is 3.43 Å². The molecule has 0 spiro atoms. The van der Waals surface area contributed by atoms with E-state index in [0.717, 1.165) is 39.6 Å². The number of rotatable bonds is 3. The van der Waals surface area contributed by atoms with Crippen molar-refractivity contribution in [3.05, 3.63) is 53.9 Å². The normalized spacial score (nSPS) is 11.8. The molecule has 0 amide bonds. The molecular weight excluding hydrogens is 323 g/mol. The van der Waals surface area contributed by atoms with E-state index in [1.54, 1.807) is 0 Å². The maximum atomic E-state index is 4.30. The van der Waals surface area contributed by atoms with Crippen LogP contribution in [0.3, 0.4) is 0 Å². The first-order valence-electron chi connectivity index (χ1n) is 5.11. The summed E-state index contributed by atoms with van der Waals surface area (Å²) in [6, 6.07) is 5.90. The average molecular weight is 333 g/mol. The Kier molecular flexibility index (Phi) is 2.50. The number of nitrogens with zero attached hydrogens (tertiary/aromatic N) is 3. The van der Waals surface area contributed by atoms with Crippen molar-refractivity contribution in [2.24, 2.45) is 0 Å². The molecule has 0 atom stereocenters. The molecule has 0 saturated carbocycles. The molecule has 0 saturated heterocycles. The van der Waals surface area contributed by atoms with Gasteiger partial charge < -0.3 is 0 Å². The maximum absolute atomic E-state index is 4.30. The zero-order chi connectivity index (χ0) is 11.7. The van der Waals surface area contributed by atoms with E-state index in [9.17, 15) is 0 Å². The molecule has 17 heavy (non-hydrogen) atoms. The van der Waals surface area contributed by atoms with Crippen molar-refractivity contribution in [2.75, 3.05) is 0 Å². The topological polar surface area (TPSA) is 86.0 Å². The Morgan fingerprint density at radius 3 is 1.35 bits per heavy atom. The number of aromatic nitrogens is 6. The summed E-state index contributed by atoms with van der Waals surface area (Å²) in [4.78, 5) is 0. The van der Waals surface area contributed by atoms with Gasteiger partial charge in [0.15, 0.2) is 0 Å². The van der Waals surface area contributed by atoms with E-state index in [1.165, 1.54) is 0 Å². The summed E-state index contributed by atoms with van der Waals surface area (Å²) >= 11 is 0.908. The third kappa shape index (κ3) is 1.59. The van der Waals surface area contributed by atoms with Gasteiger partial charge in [-0.2, -0.15) is 0 Å². The first-order chi connectivity index (χ1) is 8.32. The molecule has 2 radical (unpaired) electrons. The molecule has 6 nitrogen and oxygen atoms in total. The predicted molar refractivity (Wildman–Crippen MR) is 62.8 cm³/mol. The number of H-pyrrole nitrogens is 3. The van der Waals surface area contributed by atoms with Crippen LogP contribution in [0.5, 0.6) is 0 Å². The molecule has 0 unspecified atom stereocenters. The second-order valence-corrected chi connectivity index (χ2v) is 6.16. The molecule has 0 bridgehead atoms. The summed E-state index contributed by atoms with van der Waals surface area (Å²) in [5, 5.41) is 21.5. The number of aromatic amines is 3. The van der Waals surface area contributed by atoms with Gasteiger partial charge in [-0.25, -0.2) is 0 Å². The Morgan fingerprint density at radius 2 is 1.12 bits per heavy atom. The molecule has 84 valence electrons. The third-order valence-electron chi connectivity index (χ3n) is 2.71. The quantitative estimate of drug-likeness (QED) is 0.592. The van der Waals surface area contributed by atoms with Crippen molar-refractivity contribution in [3.63, 3.8) is 0 Å². The Bertz CT molecular complexity index is 484. The van der Waals surface area contributed by atoms with Crippen molar-refractivity contribution >= 4 is 22.5 Å². The number of hydrogen-bond acceptors (Lipinski definition) is 3. The molecule has 0 fully saturated rings. The van der Waals surface area contributed by atoms with Gasteiger partial charge in [0.25, 0.3) is 0 Å². The van der Waals surface area contributed by atoms with E-state index < -0.39 is 0 Å². The Hall–Kier alpha value is -1.57. The molecule has 0 aliphatic carbocycles. The van der Waals surface area contributed by atoms with Crippen LogP contribution < -0.4 is 0 Å². The van der Waals surface area contributed by atoms with Gasteiger partial charge in [-0.05, 0) is 0 Å². The Labute approximate surface area is 110 Å². The number of nitrogens with one attached hydrogen (secondary N) is 3. The summed E-state index contributed by atoms with van der Waals surface area (Å²) in [5.41, 5.74) is 2.83. The zero-order valence-electron chi connectivity index (χ0n) is 8.88. The fourth-order valence-electron chi connectivity index (χ4n) is 1.83. The van der Waals surface area contributed by atoms with Crippen LogP contribution in [-0.2, 0) is 3.43 Å². The average Bonchev–Trinajstić information content (AvgIpc) is 3.10. The first kappa shape index (κ1) is 10.6. The zero-order valence-corrected chi connectivity index (χ0v) is 12.2. The van der Waals surface area contributed by atoms with E-state index in [0.29, 0.717) is 0 Å². The minimum atomic E-state index is -0.328. The standard InChI is InChI=1S/C10H9N6.Sn.H/c1-4-11-14-7(1)10(8-2-5-12-15-8)9-3-6-13-16-9;;/h1-6H,(H,11,14)(H,12,15)(H,13,16);;. The van der Waals surface area contributed by atoms with Crippen LogP contribution in [0.15, 0.2) is 36.8 Å². The van der Waals surface area contributed by atoms with E-state index in [4.69, 9.17) is 0 Å². The van der Waals surface area contributed by atoms with Gasteiger partial charge in [0.2, 0.25) is 0 Å². The number of hydrogen-bond donors (Lipinski definition) is 3. The predicted octanol–water partition coefficient (Wildman–Crippen LogP) is 0.0486. The van der Waals surface area contributed by atoms with Crippen LogP contribution in [0.4, 0.5) is 0 Å². The summed E-state index contributed by atoms with van der Waals surface area (Å²) in [6.07, 6.45) is 5.46. The fraction of sp³-hybridized carbons (Fsp3) is 0.100. The van der Waals surface area contributed by atoms with Crippen molar-refractivity contribution in [1.82, 2.24) is 30.6 Å². The van der Waals surface area contributed by atoms with Gasteiger partial charge in [0.05, 0.1) is 0 Å². The van der Waals surface area contributed by atoms with Crippen molar-refractivity contribution in [2.45, 2.75) is 3.43 Å².